The van der Waals surface area contributed by atoms with E-state index in [0.717, 1.165) is 44.0 Å². The molecule has 8 aromatic carbocycles. The highest BCUT2D eigenvalue weighted by Crippen LogP contribution is 2.64. The van der Waals surface area contributed by atoms with Gasteiger partial charge in [0, 0.05) is 32.7 Å². The van der Waals surface area contributed by atoms with Crippen LogP contribution < -0.4 is 0 Å². The third-order valence-corrected chi connectivity index (χ3v) is 11.6. The van der Waals surface area contributed by atoms with Crippen LogP contribution >= 0.6 is 0 Å². The maximum Gasteiger partial charge on any atom is 0.235 e. The van der Waals surface area contributed by atoms with Crippen LogP contribution in [0.4, 0.5) is 0 Å². The summed E-state index contributed by atoms with van der Waals surface area (Å²) in [6.07, 6.45) is 0. The summed E-state index contributed by atoms with van der Waals surface area (Å²) in [6.45, 7) is 0. The summed E-state index contributed by atoms with van der Waals surface area (Å²) in [5, 5.41) is 5.71. The van der Waals surface area contributed by atoms with Crippen molar-refractivity contribution in [3.8, 4) is 39.5 Å². The van der Waals surface area contributed by atoms with Gasteiger partial charge in [0.15, 0.2) is 0 Å². The van der Waals surface area contributed by atoms with Gasteiger partial charge < -0.3 is 0 Å². The average molecular weight is 660 g/mol. The van der Waals surface area contributed by atoms with Crippen LogP contribution in [0.2, 0.25) is 0 Å². The molecule has 0 saturated heterocycles. The molecule has 3 heteroatoms. The molecule has 2 aliphatic carbocycles. The van der Waals surface area contributed by atoms with Gasteiger partial charge in [-0.05, 0) is 56.5 Å². The smallest absolute Gasteiger partial charge is 0.235 e. The van der Waals surface area contributed by atoms with Gasteiger partial charge in [0.25, 0.3) is 0 Å². The zero-order valence-electron chi connectivity index (χ0n) is 28.1. The first kappa shape index (κ1) is 27.9. The largest absolute Gasteiger partial charge is 0.277 e. The molecule has 0 saturated carbocycles. The van der Waals surface area contributed by atoms with Crippen molar-refractivity contribution in [3.63, 3.8) is 0 Å². The number of hydrogen-bond acceptors (Lipinski definition) is 2. The van der Waals surface area contributed by atoms with Crippen LogP contribution in [0.25, 0.3) is 82.9 Å². The van der Waals surface area contributed by atoms with Crippen molar-refractivity contribution >= 4 is 43.5 Å². The van der Waals surface area contributed by atoms with Crippen molar-refractivity contribution in [1.29, 1.82) is 0 Å². The van der Waals surface area contributed by atoms with Crippen molar-refractivity contribution in [3.05, 3.63) is 198 Å². The first-order chi connectivity index (χ1) is 25.8. The summed E-state index contributed by atoms with van der Waals surface area (Å²) in [5.41, 5.74) is 15.2. The molecule has 10 aromatic rings. The minimum atomic E-state index is -0.440. The monoisotopic (exact) mass is 659 g/mol. The van der Waals surface area contributed by atoms with E-state index in [1.165, 1.54) is 55.3 Å². The standard InChI is InChI=1S/C49H29N3/c1-2-15-31(16-3-1)45-38-27-26-30-14-4-5-17-32(30)46(38)51-48(50-45)52-43-25-13-9-20-35(43)36-28-29-42-44(47(36)52)37-21-8-12-24-41(37)49(42)39-22-10-6-18-33(39)34-19-7-11-23-40(34)49/h1-29H. The highest BCUT2D eigenvalue weighted by Gasteiger charge is 2.52. The van der Waals surface area contributed by atoms with E-state index in [1.807, 2.05) is 0 Å². The fourth-order valence-electron chi connectivity index (χ4n) is 9.61. The average Bonchev–Trinajstić information content (AvgIpc) is 3.83. The number of benzene rings is 8. The number of aromatic nitrogens is 3. The lowest BCUT2D eigenvalue weighted by Gasteiger charge is -2.30. The minimum Gasteiger partial charge on any atom is -0.277 e. The molecule has 0 atom stereocenters. The van der Waals surface area contributed by atoms with Crippen LogP contribution in [0.1, 0.15) is 22.3 Å². The van der Waals surface area contributed by atoms with Crippen molar-refractivity contribution in [2.75, 3.05) is 0 Å². The van der Waals surface area contributed by atoms with Crippen LogP contribution in [0.5, 0.6) is 0 Å². The molecule has 3 nitrogen and oxygen atoms in total. The first-order valence-corrected chi connectivity index (χ1v) is 17.9. The topological polar surface area (TPSA) is 30.7 Å². The molecule has 2 heterocycles. The van der Waals surface area contributed by atoms with E-state index in [2.05, 4.69) is 180 Å². The Morgan fingerprint density at radius 1 is 0.404 bits per heavy atom. The lowest BCUT2D eigenvalue weighted by molar-refractivity contribution is 0.794. The van der Waals surface area contributed by atoms with Crippen LogP contribution in [0.15, 0.2) is 176 Å². The van der Waals surface area contributed by atoms with E-state index >= 15 is 0 Å². The molecule has 2 aliphatic rings. The van der Waals surface area contributed by atoms with Crippen LogP contribution in [0, 0.1) is 0 Å². The SMILES string of the molecule is c1ccc(-c2nc(-n3c4ccccc4c4ccc5c(c43)-c3ccccc3C53c4ccccc4-c4ccccc43)nc3c2ccc2ccccc23)cc1. The molecule has 0 aliphatic heterocycles. The maximum atomic E-state index is 5.53. The molecule has 0 unspecified atom stereocenters. The molecule has 1 spiro atoms. The van der Waals surface area contributed by atoms with Gasteiger partial charge in [0.2, 0.25) is 5.95 Å². The molecule has 0 N–H and O–H groups in total. The molecule has 0 bridgehead atoms. The summed E-state index contributed by atoms with van der Waals surface area (Å²) >= 11 is 0. The lowest BCUT2D eigenvalue weighted by atomic mass is 9.70. The fourth-order valence-corrected chi connectivity index (χ4v) is 9.61. The van der Waals surface area contributed by atoms with E-state index in [0.29, 0.717) is 5.95 Å². The van der Waals surface area contributed by atoms with Crippen LogP contribution in [-0.2, 0) is 5.41 Å². The van der Waals surface area contributed by atoms with Gasteiger partial charge in [0.05, 0.1) is 27.7 Å². The van der Waals surface area contributed by atoms with Crippen LogP contribution in [0.3, 0.4) is 0 Å². The molecule has 0 amide bonds. The zero-order chi connectivity index (χ0) is 34.0. The molecular weight excluding hydrogens is 631 g/mol. The number of rotatable bonds is 2. The Kier molecular flexibility index (Phi) is 5.43. The van der Waals surface area contributed by atoms with Crippen molar-refractivity contribution in [2.45, 2.75) is 5.41 Å². The van der Waals surface area contributed by atoms with E-state index in [-0.39, 0.29) is 0 Å². The molecule has 52 heavy (non-hydrogen) atoms. The molecule has 0 radical (unpaired) electrons. The van der Waals surface area contributed by atoms with Crippen molar-refractivity contribution in [1.82, 2.24) is 14.5 Å². The second-order valence-electron chi connectivity index (χ2n) is 14.0. The Morgan fingerprint density at radius 3 is 1.77 bits per heavy atom. The van der Waals surface area contributed by atoms with Gasteiger partial charge >= 0.3 is 0 Å². The van der Waals surface area contributed by atoms with E-state index < -0.39 is 5.41 Å². The summed E-state index contributed by atoms with van der Waals surface area (Å²) in [5.74, 6) is 0.674. The first-order valence-electron chi connectivity index (χ1n) is 17.9. The summed E-state index contributed by atoms with van der Waals surface area (Å²) in [7, 11) is 0. The number of nitrogens with zero attached hydrogens (tertiary/aromatic N) is 3. The number of fused-ring (bicyclic) bond motifs is 17. The molecule has 12 rings (SSSR count). The van der Waals surface area contributed by atoms with Gasteiger partial charge in [-0.3, -0.25) is 4.57 Å². The number of hydrogen-bond donors (Lipinski definition) is 0. The minimum absolute atomic E-state index is 0.440. The summed E-state index contributed by atoms with van der Waals surface area (Å²) < 4.78 is 2.35. The summed E-state index contributed by atoms with van der Waals surface area (Å²) in [4.78, 5) is 11.0. The van der Waals surface area contributed by atoms with Gasteiger partial charge in [-0.25, -0.2) is 9.97 Å². The number of para-hydroxylation sites is 1. The maximum absolute atomic E-state index is 5.53. The molecule has 0 fully saturated rings. The highest BCUT2D eigenvalue weighted by molar-refractivity contribution is 6.17. The van der Waals surface area contributed by atoms with E-state index in [9.17, 15) is 0 Å². The Labute approximate surface area is 300 Å². The lowest BCUT2D eigenvalue weighted by Crippen LogP contribution is -2.25. The Hall–Kier alpha value is -6.84. The molecular formula is C49H29N3. The third kappa shape index (κ3) is 3.40. The second kappa shape index (κ2) is 10.1. The van der Waals surface area contributed by atoms with Gasteiger partial charge in [0.1, 0.15) is 0 Å². The Morgan fingerprint density at radius 2 is 1.00 bits per heavy atom. The fraction of sp³-hybridized carbons (Fsp3) is 0.0204. The predicted octanol–water partition coefficient (Wildman–Crippen LogP) is 11.9. The highest BCUT2D eigenvalue weighted by atomic mass is 15.2. The van der Waals surface area contributed by atoms with Crippen molar-refractivity contribution < 1.29 is 0 Å². The van der Waals surface area contributed by atoms with Gasteiger partial charge in [-0.1, -0.05) is 164 Å². The van der Waals surface area contributed by atoms with Crippen molar-refractivity contribution in [2.24, 2.45) is 0 Å². The third-order valence-electron chi connectivity index (χ3n) is 11.6. The van der Waals surface area contributed by atoms with Gasteiger partial charge in [-0.15, -0.1) is 0 Å². The van der Waals surface area contributed by atoms with Gasteiger partial charge in [-0.2, -0.15) is 0 Å². The zero-order valence-corrected chi connectivity index (χ0v) is 28.1. The predicted molar refractivity (Wildman–Crippen MR) is 213 cm³/mol. The Balaban J connectivity index is 1.28. The van der Waals surface area contributed by atoms with Crippen LogP contribution in [-0.4, -0.2) is 14.5 Å². The molecule has 240 valence electrons. The van der Waals surface area contributed by atoms with E-state index in [1.54, 1.807) is 0 Å². The Bertz CT molecular complexity index is 3090. The normalized spacial score (nSPS) is 13.5. The summed E-state index contributed by atoms with van der Waals surface area (Å²) in [6, 6.07) is 64.0. The quantitative estimate of drug-likeness (QED) is 0.173. The van der Waals surface area contributed by atoms with E-state index in [4.69, 9.17) is 9.97 Å². The second-order valence-corrected chi connectivity index (χ2v) is 14.0. The molecule has 2 aromatic heterocycles.